The molecule has 0 amide bonds. The van der Waals surface area contributed by atoms with E-state index < -0.39 is 0 Å². The molecule has 0 bridgehead atoms. The smallest absolute Gasteiger partial charge is 0.121 e. The molecule has 14 heavy (non-hydrogen) atoms. The standard InChI is InChI=1S/C9H9BrN4/c10-9-8(13-7(5-11)14-9)6-1-3-12-4-2-6/h1-4H,5,11H2,(H,13,14). The van der Waals surface area contributed by atoms with Crippen LogP contribution in [0.15, 0.2) is 29.1 Å². The van der Waals surface area contributed by atoms with Gasteiger partial charge in [0.25, 0.3) is 0 Å². The minimum absolute atomic E-state index is 0.406. The third kappa shape index (κ3) is 1.69. The molecule has 0 aliphatic rings. The third-order valence-electron chi connectivity index (χ3n) is 1.86. The molecule has 5 heteroatoms. The van der Waals surface area contributed by atoms with Gasteiger partial charge in [-0.2, -0.15) is 0 Å². The van der Waals surface area contributed by atoms with Crippen LogP contribution in [-0.4, -0.2) is 15.0 Å². The van der Waals surface area contributed by atoms with E-state index in [-0.39, 0.29) is 0 Å². The van der Waals surface area contributed by atoms with Crippen LogP contribution in [0.4, 0.5) is 0 Å². The van der Waals surface area contributed by atoms with Gasteiger partial charge in [0.2, 0.25) is 0 Å². The fraction of sp³-hybridized carbons (Fsp3) is 0.111. The number of aromatic amines is 1. The Balaban J connectivity index is 2.46. The van der Waals surface area contributed by atoms with Crippen LogP contribution in [0.1, 0.15) is 5.82 Å². The molecule has 0 spiro atoms. The van der Waals surface area contributed by atoms with Crippen LogP contribution < -0.4 is 5.73 Å². The van der Waals surface area contributed by atoms with Gasteiger partial charge in [-0.15, -0.1) is 0 Å². The van der Waals surface area contributed by atoms with Gasteiger partial charge in [-0.1, -0.05) is 0 Å². The number of H-pyrrole nitrogens is 1. The molecule has 2 aromatic heterocycles. The Morgan fingerprint density at radius 3 is 2.64 bits per heavy atom. The number of rotatable bonds is 2. The van der Waals surface area contributed by atoms with Gasteiger partial charge in [0.1, 0.15) is 16.1 Å². The lowest BCUT2D eigenvalue weighted by molar-refractivity contribution is 0.947. The maximum Gasteiger partial charge on any atom is 0.121 e. The molecule has 0 aliphatic carbocycles. The molecule has 72 valence electrons. The second-order valence-corrected chi connectivity index (χ2v) is 3.58. The van der Waals surface area contributed by atoms with Gasteiger partial charge >= 0.3 is 0 Å². The average Bonchev–Trinajstić information content (AvgIpc) is 2.61. The molecular weight excluding hydrogens is 244 g/mol. The molecule has 0 fully saturated rings. The van der Waals surface area contributed by atoms with E-state index in [2.05, 4.69) is 30.9 Å². The van der Waals surface area contributed by atoms with E-state index in [4.69, 9.17) is 5.73 Å². The summed E-state index contributed by atoms with van der Waals surface area (Å²) < 4.78 is 0.851. The average molecular weight is 253 g/mol. The highest BCUT2D eigenvalue weighted by molar-refractivity contribution is 9.10. The number of nitrogens with one attached hydrogen (secondary N) is 1. The number of imidazole rings is 1. The topological polar surface area (TPSA) is 67.6 Å². The predicted octanol–water partition coefficient (Wildman–Crippen LogP) is 1.69. The van der Waals surface area contributed by atoms with Crippen molar-refractivity contribution in [1.29, 1.82) is 0 Å². The normalized spacial score (nSPS) is 10.4. The molecule has 0 aliphatic heterocycles. The SMILES string of the molecule is NCc1nc(-c2ccncc2)c(Br)[nH]1. The van der Waals surface area contributed by atoms with Crippen molar-refractivity contribution in [3.8, 4) is 11.3 Å². The lowest BCUT2D eigenvalue weighted by Crippen LogP contribution is -1.97. The Morgan fingerprint density at radius 2 is 2.07 bits per heavy atom. The summed E-state index contributed by atoms with van der Waals surface area (Å²) >= 11 is 3.40. The van der Waals surface area contributed by atoms with E-state index in [0.29, 0.717) is 6.54 Å². The molecule has 0 saturated heterocycles. The molecule has 4 nitrogen and oxygen atoms in total. The lowest BCUT2D eigenvalue weighted by atomic mass is 10.2. The van der Waals surface area contributed by atoms with Crippen LogP contribution in [0.3, 0.4) is 0 Å². The van der Waals surface area contributed by atoms with Crippen molar-refractivity contribution in [3.63, 3.8) is 0 Å². The summed E-state index contributed by atoms with van der Waals surface area (Å²) in [4.78, 5) is 11.3. The first-order valence-electron chi connectivity index (χ1n) is 4.16. The van der Waals surface area contributed by atoms with Gasteiger partial charge < -0.3 is 10.7 Å². The van der Waals surface area contributed by atoms with Crippen molar-refractivity contribution in [2.45, 2.75) is 6.54 Å². The lowest BCUT2D eigenvalue weighted by Gasteiger charge is -1.94. The summed E-state index contributed by atoms with van der Waals surface area (Å²) in [5.41, 5.74) is 7.37. The van der Waals surface area contributed by atoms with Crippen LogP contribution in [0, 0.1) is 0 Å². The van der Waals surface area contributed by atoms with E-state index in [0.717, 1.165) is 21.7 Å². The van der Waals surface area contributed by atoms with Gasteiger partial charge in [-0.3, -0.25) is 4.98 Å². The largest absolute Gasteiger partial charge is 0.335 e. The summed E-state index contributed by atoms with van der Waals surface area (Å²) in [6.07, 6.45) is 3.47. The zero-order valence-electron chi connectivity index (χ0n) is 7.37. The molecule has 2 rings (SSSR count). The molecular formula is C9H9BrN4. The van der Waals surface area contributed by atoms with Crippen molar-refractivity contribution in [1.82, 2.24) is 15.0 Å². The Labute approximate surface area is 89.7 Å². The maximum atomic E-state index is 5.48. The monoisotopic (exact) mass is 252 g/mol. The molecule has 2 heterocycles. The van der Waals surface area contributed by atoms with Gasteiger partial charge in [0.05, 0.1) is 6.54 Å². The van der Waals surface area contributed by atoms with Gasteiger partial charge in [0, 0.05) is 18.0 Å². The number of halogens is 1. The van der Waals surface area contributed by atoms with E-state index in [1.54, 1.807) is 12.4 Å². The molecule has 0 atom stereocenters. The molecule has 3 N–H and O–H groups in total. The number of nitrogens with zero attached hydrogens (tertiary/aromatic N) is 2. The Kier molecular flexibility index (Phi) is 2.60. The van der Waals surface area contributed by atoms with Crippen molar-refractivity contribution < 1.29 is 0 Å². The minimum atomic E-state index is 0.406. The number of aromatic nitrogens is 3. The van der Waals surface area contributed by atoms with E-state index in [1.807, 2.05) is 12.1 Å². The first-order valence-corrected chi connectivity index (χ1v) is 4.95. The summed E-state index contributed by atoms with van der Waals surface area (Å²) in [6, 6.07) is 3.81. The highest BCUT2D eigenvalue weighted by Crippen LogP contribution is 2.24. The van der Waals surface area contributed by atoms with Gasteiger partial charge in [-0.05, 0) is 28.1 Å². The summed E-state index contributed by atoms with van der Waals surface area (Å²) in [5.74, 6) is 0.767. The highest BCUT2D eigenvalue weighted by Gasteiger charge is 2.08. The fourth-order valence-electron chi connectivity index (χ4n) is 1.20. The Hall–Kier alpha value is -1.20. The molecule has 0 radical (unpaired) electrons. The molecule has 0 unspecified atom stereocenters. The zero-order chi connectivity index (χ0) is 9.97. The van der Waals surface area contributed by atoms with Crippen molar-refractivity contribution >= 4 is 15.9 Å². The quantitative estimate of drug-likeness (QED) is 0.855. The fourth-order valence-corrected chi connectivity index (χ4v) is 1.74. The first-order chi connectivity index (χ1) is 6.81. The number of hydrogen-bond donors (Lipinski definition) is 2. The van der Waals surface area contributed by atoms with Crippen LogP contribution in [0.5, 0.6) is 0 Å². The van der Waals surface area contributed by atoms with Crippen LogP contribution in [-0.2, 0) is 6.54 Å². The summed E-state index contributed by atoms with van der Waals surface area (Å²) in [5, 5.41) is 0. The maximum absolute atomic E-state index is 5.48. The summed E-state index contributed by atoms with van der Waals surface area (Å²) in [7, 11) is 0. The van der Waals surface area contributed by atoms with Gasteiger partial charge in [-0.25, -0.2) is 4.98 Å². The van der Waals surface area contributed by atoms with E-state index >= 15 is 0 Å². The summed E-state index contributed by atoms with van der Waals surface area (Å²) in [6.45, 7) is 0.406. The zero-order valence-corrected chi connectivity index (χ0v) is 8.95. The molecule has 0 aromatic carbocycles. The van der Waals surface area contributed by atoms with Crippen LogP contribution in [0.2, 0.25) is 0 Å². The molecule has 2 aromatic rings. The third-order valence-corrected chi connectivity index (χ3v) is 2.43. The highest BCUT2D eigenvalue weighted by atomic mass is 79.9. The van der Waals surface area contributed by atoms with Gasteiger partial charge in [0.15, 0.2) is 0 Å². The number of nitrogens with two attached hydrogens (primary N) is 1. The second-order valence-electron chi connectivity index (χ2n) is 2.79. The van der Waals surface area contributed by atoms with Crippen LogP contribution in [0.25, 0.3) is 11.3 Å². The Morgan fingerprint density at radius 1 is 1.36 bits per heavy atom. The van der Waals surface area contributed by atoms with Crippen molar-refractivity contribution in [2.75, 3.05) is 0 Å². The second kappa shape index (κ2) is 3.89. The number of pyridine rings is 1. The van der Waals surface area contributed by atoms with E-state index in [1.165, 1.54) is 0 Å². The first kappa shape index (κ1) is 9.36. The minimum Gasteiger partial charge on any atom is -0.335 e. The van der Waals surface area contributed by atoms with E-state index in [9.17, 15) is 0 Å². The van der Waals surface area contributed by atoms with Crippen LogP contribution >= 0.6 is 15.9 Å². The number of hydrogen-bond acceptors (Lipinski definition) is 3. The molecule has 0 saturated carbocycles. The van der Waals surface area contributed by atoms with Crippen molar-refractivity contribution in [3.05, 3.63) is 35.0 Å². The Bertz CT molecular complexity index is 424. The van der Waals surface area contributed by atoms with Crippen molar-refractivity contribution in [2.24, 2.45) is 5.73 Å². The predicted molar refractivity (Wildman–Crippen MR) is 57.4 cm³/mol.